The quantitative estimate of drug-likeness (QED) is 0.317. The zero-order valence-electron chi connectivity index (χ0n) is 16.0. The van der Waals surface area contributed by atoms with Crippen LogP contribution in [0.15, 0.2) is 29.3 Å². The van der Waals surface area contributed by atoms with E-state index in [-0.39, 0.29) is 36.2 Å². The molecular formula is C19H18N8O3. The van der Waals surface area contributed by atoms with Gasteiger partial charge in [-0.25, -0.2) is 14.8 Å². The van der Waals surface area contributed by atoms with E-state index in [0.717, 1.165) is 0 Å². The SMILES string of the molecule is CCOC(=O)COc1ccc(C2N=C(NC#N)Nc3nc(N)c(C#N)c(N)c32)cc1. The fourth-order valence-corrected chi connectivity index (χ4v) is 2.91. The lowest BCUT2D eigenvalue weighted by Crippen LogP contribution is -2.32. The molecule has 3 rings (SSSR count). The van der Waals surface area contributed by atoms with E-state index in [1.165, 1.54) is 0 Å². The second-order valence-corrected chi connectivity index (χ2v) is 6.06. The molecule has 6 N–H and O–H groups in total. The second-order valence-electron chi connectivity index (χ2n) is 6.06. The predicted octanol–water partition coefficient (Wildman–Crippen LogP) is 1.00. The fourth-order valence-electron chi connectivity index (χ4n) is 2.91. The number of aromatic nitrogens is 1. The third kappa shape index (κ3) is 4.00. The molecule has 0 spiro atoms. The van der Waals surface area contributed by atoms with Crippen molar-refractivity contribution in [1.29, 1.82) is 10.5 Å². The number of carbonyl (C=O) groups excluding carboxylic acids is 1. The van der Waals surface area contributed by atoms with E-state index >= 15 is 0 Å². The first-order chi connectivity index (χ1) is 14.5. The molecule has 1 aliphatic heterocycles. The summed E-state index contributed by atoms with van der Waals surface area (Å²) in [5.41, 5.74) is 13.4. The van der Waals surface area contributed by atoms with Gasteiger partial charge in [-0.05, 0) is 24.6 Å². The molecule has 30 heavy (non-hydrogen) atoms. The van der Waals surface area contributed by atoms with Gasteiger partial charge in [-0.3, -0.25) is 5.32 Å². The maximum Gasteiger partial charge on any atom is 0.344 e. The van der Waals surface area contributed by atoms with Crippen LogP contribution in [-0.2, 0) is 9.53 Å². The molecule has 11 heteroatoms. The lowest BCUT2D eigenvalue weighted by Gasteiger charge is -2.26. The number of aliphatic imine (C=N–C) groups is 1. The fraction of sp³-hybridized carbons (Fsp3) is 0.211. The molecule has 0 aliphatic carbocycles. The number of rotatable bonds is 5. The molecule has 1 atom stereocenters. The van der Waals surface area contributed by atoms with Crippen LogP contribution < -0.4 is 26.8 Å². The van der Waals surface area contributed by atoms with Gasteiger partial charge in [0.15, 0.2) is 12.8 Å². The van der Waals surface area contributed by atoms with Crippen LogP contribution in [0.25, 0.3) is 0 Å². The van der Waals surface area contributed by atoms with Crippen molar-refractivity contribution in [2.24, 2.45) is 4.99 Å². The molecule has 0 saturated heterocycles. The van der Waals surface area contributed by atoms with Gasteiger partial charge in [-0.2, -0.15) is 10.5 Å². The number of nitrogens with zero attached hydrogens (tertiary/aromatic N) is 4. The van der Waals surface area contributed by atoms with Crippen molar-refractivity contribution in [2.45, 2.75) is 13.0 Å². The topological polar surface area (TPSA) is 184 Å². The van der Waals surface area contributed by atoms with E-state index in [1.807, 2.05) is 6.07 Å². The van der Waals surface area contributed by atoms with E-state index in [1.54, 1.807) is 37.4 Å². The predicted molar refractivity (Wildman–Crippen MR) is 108 cm³/mol. The van der Waals surface area contributed by atoms with Crippen molar-refractivity contribution in [2.75, 3.05) is 30.0 Å². The van der Waals surface area contributed by atoms with Crippen LogP contribution in [0, 0.1) is 22.8 Å². The van der Waals surface area contributed by atoms with Crippen molar-refractivity contribution in [3.05, 3.63) is 41.0 Å². The van der Waals surface area contributed by atoms with Crippen LogP contribution in [0.2, 0.25) is 0 Å². The van der Waals surface area contributed by atoms with E-state index in [4.69, 9.17) is 26.2 Å². The number of benzene rings is 1. The Labute approximate surface area is 171 Å². The first-order valence-electron chi connectivity index (χ1n) is 8.85. The number of guanidine groups is 1. The summed E-state index contributed by atoms with van der Waals surface area (Å²) >= 11 is 0. The number of hydrogen-bond acceptors (Lipinski definition) is 11. The first kappa shape index (κ1) is 20.2. The number of esters is 1. The largest absolute Gasteiger partial charge is 0.482 e. The molecule has 2 aromatic rings. The van der Waals surface area contributed by atoms with Gasteiger partial charge < -0.3 is 26.3 Å². The Hall–Kier alpha value is -4.51. The average Bonchev–Trinajstić information content (AvgIpc) is 2.72. The average molecular weight is 406 g/mol. The van der Waals surface area contributed by atoms with Gasteiger partial charge in [0.1, 0.15) is 35.1 Å². The Morgan fingerprint density at radius 2 is 2.03 bits per heavy atom. The maximum atomic E-state index is 11.4. The number of anilines is 3. The maximum absolute atomic E-state index is 11.4. The van der Waals surface area contributed by atoms with Gasteiger partial charge in [0.05, 0.1) is 12.3 Å². The molecule has 0 bridgehead atoms. The molecule has 0 fully saturated rings. The van der Waals surface area contributed by atoms with Crippen LogP contribution in [0.4, 0.5) is 17.3 Å². The highest BCUT2D eigenvalue weighted by Gasteiger charge is 2.29. The monoisotopic (exact) mass is 406 g/mol. The number of nitrogens with two attached hydrogens (primary N) is 2. The van der Waals surface area contributed by atoms with E-state index in [2.05, 4.69) is 20.6 Å². The smallest absolute Gasteiger partial charge is 0.344 e. The summed E-state index contributed by atoms with van der Waals surface area (Å²) in [6.45, 7) is 1.78. The van der Waals surface area contributed by atoms with E-state index < -0.39 is 12.0 Å². The number of hydrogen-bond donors (Lipinski definition) is 4. The number of pyridine rings is 1. The third-order valence-corrected chi connectivity index (χ3v) is 4.22. The highest BCUT2D eigenvalue weighted by molar-refractivity contribution is 5.98. The number of fused-ring (bicyclic) bond motifs is 1. The third-order valence-electron chi connectivity index (χ3n) is 4.22. The number of carbonyl (C=O) groups is 1. The van der Waals surface area contributed by atoms with Gasteiger partial charge in [0.2, 0.25) is 5.96 Å². The van der Waals surface area contributed by atoms with E-state index in [9.17, 15) is 10.1 Å². The number of ether oxygens (including phenoxy) is 2. The minimum atomic E-state index is -0.656. The Bertz CT molecular complexity index is 1080. The standard InChI is InChI=1S/C19H18N8O3/c1-2-29-13(28)8-30-11-5-3-10(4-6-11)16-14-15(22)12(7-20)17(23)26-18(14)27-19(25-16)24-9-21/h3-6,16H,2,8H2,1H3,(H6,22,23,24,25,26,27). The summed E-state index contributed by atoms with van der Waals surface area (Å²) in [5, 5.41) is 23.6. The minimum Gasteiger partial charge on any atom is -0.482 e. The lowest BCUT2D eigenvalue weighted by molar-refractivity contribution is -0.145. The zero-order valence-corrected chi connectivity index (χ0v) is 16.0. The van der Waals surface area contributed by atoms with Gasteiger partial charge in [0.25, 0.3) is 0 Å². The molecule has 0 radical (unpaired) electrons. The molecule has 1 aromatic carbocycles. The Kier molecular flexibility index (Phi) is 5.84. The van der Waals surface area contributed by atoms with Crippen LogP contribution in [0.1, 0.15) is 29.7 Å². The highest BCUT2D eigenvalue weighted by Crippen LogP contribution is 2.40. The summed E-state index contributed by atoms with van der Waals surface area (Å²) < 4.78 is 10.2. The molecule has 0 saturated carbocycles. The second kappa shape index (κ2) is 8.67. The number of nitrogens with one attached hydrogen (secondary N) is 2. The van der Waals surface area contributed by atoms with Crippen molar-refractivity contribution in [3.63, 3.8) is 0 Å². The van der Waals surface area contributed by atoms with Crippen LogP contribution in [-0.4, -0.2) is 30.1 Å². The van der Waals surface area contributed by atoms with Crippen molar-refractivity contribution in [1.82, 2.24) is 10.3 Å². The Morgan fingerprint density at radius 1 is 1.30 bits per heavy atom. The van der Waals surface area contributed by atoms with Crippen LogP contribution in [0.5, 0.6) is 5.75 Å². The molecule has 0 amide bonds. The highest BCUT2D eigenvalue weighted by atomic mass is 16.6. The summed E-state index contributed by atoms with van der Waals surface area (Å²) in [7, 11) is 0. The Balaban J connectivity index is 1.96. The number of nitriles is 2. The van der Waals surface area contributed by atoms with Crippen molar-refractivity contribution in [3.8, 4) is 18.0 Å². The van der Waals surface area contributed by atoms with Crippen LogP contribution in [0.3, 0.4) is 0 Å². The molecule has 2 heterocycles. The minimum absolute atomic E-state index is 0.0269. The van der Waals surface area contributed by atoms with Crippen molar-refractivity contribution >= 4 is 29.3 Å². The first-order valence-corrected chi connectivity index (χ1v) is 8.85. The normalized spacial score (nSPS) is 14.2. The molecular weight excluding hydrogens is 388 g/mol. The molecule has 1 aromatic heterocycles. The summed E-state index contributed by atoms with van der Waals surface area (Å²) in [6, 6.07) is 8.08. The summed E-state index contributed by atoms with van der Waals surface area (Å²) in [5.74, 6) is 0.423. The van der Waals surface area contributed by atoms with Gasteiger partial charge >= 0.3 is 5.97 Å². The van der Waals surface area contributed by atoms with E-state index in [0.29, 0.717) is 22.7 Å². The molecule has 152 valence electrons. The summed E-state index contributed by atoms with van der Waals surface area (Å²) in [4.78, 5) is 20.1. The molecule has 1 unspecified atom stereocenters. The van der Waals surface area contributed by atoms with Gasteiger partial charge in [-0.1, -0.05) is 12.1 Å². The van der Waals surface area contributed by atoms with Gasteiger partial charge in [-0.15, -0.1) is 0 Å². The lowest BCUT2D eigenvalue weighted by atomic mass is 9.95. The van der Waals surface area contributed by atoms with Gasteiger partial charge in [0, 0.05) is 5.56 Å². The van der Waals surface area contributed by atoms with Crippen molar-refractivity contribution < 1.29 is 14.3 Å². The molecule has 1 aliphatic rings. The zero-order chi connectivity index (χ0) is 21.7. The Morgan fingerprint density at radius 3 is 2.67 bits per heavy atom. The number of nitrogen functional groups attached to an aromatic ring is 2. The molecule has 11 nitrogen and oxygen atoms in total. The summed E-state index contributed by atoms with van der Waals surface area (Å²) in [6.07, 6.45) is 1.79. The van der Waals surface area contributed by atoms with Crippen LogP contribution >= 0.6 is 0 Å².